The predicted molar refractivity (Wildman–Crippen MR) is 111 cm³/mol. The Balaban J connectivity index is 1.64. The lowest BCUT2D eigenvalue weighted by Crippen LogP contribution is -2.22. The van der Waals surface area contributed by atoms with Crippen molar-refractivity contribution in [2.75, 3.05) is 5.32 Å². The van der Waals surface area contributed by atoms with E-state index < -0.39 is 17.2 Å². The van der Waals surface area contributed by atoms with E-state index in [9.17, 15) is 18.0 Å². The van der Waals surface area contributed by atoms with Gasteiger partial charge in [0.1, 0.15) is 0 Å². The van der Waals surface area contributed by atoms with Crippen molar-refractivity contribution < 1.29 is 18.0 Å². The zero-order chi connectivity index (χ0) is 21.5. The topological polar surface area (TPSA) is 29.1 Å². The van der Waals surface area contributed by atoms with E-state index in [0.29, 0.717) is 6.42 Å². The molecule has 0 aliphatic heterocycles. The molecule has 0 aromatic heterocycles. The van der Waals surface area contributed by atoms with Crippen LogP contribution in [0.25, 0.3) is 0 Å². The standard InChI is InChI=1S/C25H22F3NO/c1-16-6-10-18(11-7-16)24(19-12-8-17(2)9-13-19)15-22(24)23(30)29-21-5-3-4-20(14-21)25(26,27)28/h3-14,22H,15H2,1-2H3,(H,29,30)/t22-/m1/s1. The van der Waals surface area contributed by atoms with Crippen LogP contribution in [0.5, 0.6) is 0 Å². The van der Waals surface area contributed by atoms with E-state index in [2.05, 4.69) is 5.32 Å². The van der Waals surface area contributed by atoms with Crippen molar-refractivity contribution >= 4 is 11.6 Å². The van der Waals surface area contributed by atoms with Gasteiger partial charge in [0.05, 0.1) is 11.5 Å². The van der Waals surface area contributed by atoms with Gasteiger partial charge in [0.25, 0.3) is 0 Å². The van der Waals surface area contributed by atoms with Crippen molar-refractivity contribution in [3.05, 3.63) is 101 Å². The number of rotatable bonds is 4. The number of amides is 1. The molecule has 3 aromatic carbocycles. The van der Waals surface area contributed by atoms with Gasteiger partial charge in [0.2, 0.25) is 5.91 Å². The van der Waals surface area contributed by atoms with Crippen molar-refractivity contribution in [1.29, 1.82) is 0 Å². The SMILES string of the molecule is Cc1ccc(C2(c3ccc(C)cc3)C[C@@H]2C(=O)Nc2cccc(C(F)(F)F)c2)cc1. The Morgan fingerprint density at radius 2 is 1.43 bits per heavy atom. The van der Waals surface area contributed by atoms with Crippen molar-refractivity contribution in [2.45, 2.75) is 31.9 Å². The van der Waals surface area contributed by atoms with Crippen LogP contribution in [0.15, 0.2) is 72.8 Å². The first kappa shape index (κ1) is 20.2. The average Bonchev–Trinajstić information content (AvgIpc) is 3.46. The zero-order valence-corrected chi connectivity index (χ0v) is 16.8. The summed E-state index contributed by atoms with van der Waals surface area (Å²) in [5.74, 6) is -0.618. The van der Waals surface area contributed by atoms with Crippen LogP contribution >= 0.6 is 0 Å². The van der Waals surface area contributed by atoms with Gasteiger partial charge < -0.3 is 5.32 Å². The van der Waals surface area contributed by atoms with Crippen LogP contribution in [0.4, 0.5) is 18.9 Å². The Morgan fingerprint density at radius 1 is 0.900 bits per heavy atom. The molecular weight excluding hydrogens is 387 g/mol. The summed E-state index contributed by atoms with van der Waals surface area (Å²) in [5.41, 5.74) is 3.25. The van der Waals surface area contributed by atoms with E-state index in [1.165, 1.54) is 12.1 Å². The molecule has 1 N–H and O–H groups in total. The minimum absolute atomic E-state index is 0.156. The van der Waals surface area contributed by atoms with Gasteiger partial charge in [-0.2, -0.15) is 13.2 Å². The Labute approximate surface area is 173 Å². The Kier molecular flexibility index (Phi) is 4.92. The quantitative estimate of drug-likeness (QED) is 0.541. The number of benzene rings is 3. The number of carbonyl (C=O) groups excluding carboxylic acids is 1. The summed E-state index contributed by atoms with van der Waals surface area (Å²) in [6, 6.07) is 21.0. The van der Waals surface area contributed by atoms with Crippen LogP contribution in [0, 0.1) is 19.8 Å². The van der Waals surface area contributed by atoms with Crippen molar-refractivity contribution in [2.24, 2.45) is 5.92 Å². The summed E-state index contributed by atoms with van der Waals surface area (Å²) in [7, 11) is 0. The maximum atomic E-state index is 13.0. The molecule has 2 nitrogen and oxygen atoms in total. The van der Waals surface area contributed by atoms with Crippen molar-refractivity contribution in [1.82, 2.24) is 0 Å². The fourth-order valence-corrected chi connectivity index (χ4v) is 4.09. The molecule has 1 aliphatic rings. The van der Waals surface area contributed by atoms with Gasteiger partial charge in [0.15, 0.2) is 0 Å². The van der Waals surface area contributed by atoms with E-state index in [-0.39, 0.29) is 17.5 Å². The highest BCUT2D eigenvalue weighted by molar-refractivity contribution is 5.97. The van der Waals surface area contributed by atoms with Gasteiger partial charge in [-0.05, 0) is 49.6 Å². The number of aryl methyl sites for hydroxylation is 2. The number of hydrogen-bond acceptors (Lipinski definition) is 1. The summed E-state index contributed by atoms with van der Waals surface area (Å²) in [5, 5.41) is 2.69. The Morgan fingerprint density at radius 3 is 1.93 bits per heavy atom. The first-order valence-corrected chi connectivity index (χ1v) is 9.82. The molecule has 0 bridgehead atoms. The molecule has 0 radical (unpaired) electrons. The van der Waals surface area contributed by atoms with Crippen LogP contribution in [0.1, 0.15) is 34.2 Å². The number of anilines is 1. The van der Waals surface area contributed by atoms with Crippen LogP contribution in [-0.2, 0) is 16.4 Å². The normalized spacial score (nSPS) is 17.4. The molecule has 1 atom stereocenters. The smallest absolute Gasteiger partial charge is 0.326 e. The molecule has 0 saturated heterocycles. The molecule has 1 amide bonds. The third-order valence-corrected chi connectivity index (χ3v) is 5.87. The lowest BCUT2D eigenvalue weighted by Gasteiger charge is -2.20. The molecule has 1 aliphatic carbocycles. The highest BCUT2D eigenvalue weighted by Gasteiger charge is 2.60. The molecule has 154 valence electrons. The van der Waals surface area contributed by atoms with E-state index in [4.69, 9.17) is 0 Å². The largest absolute Gasteiger partial charge is 0.416 e. The van der Waals surface area contributed by atoms with Crippen LogP contribution in [0.3, 0.4) is 0 Å². The minimum Gasteiger partial charge on any atom is -0.326 e. The van der Waals surface area contributed by atoms with Gasteiger partial charge in [0, 0.05) is 11.1 Å². The molecule has 1 saturated carbocycles. The monoisotopic (exact) mass is 409 g/mol. The molecular formula is C25H22F3NO. The molecule has 30 heavy (non-hydrogen) atoms. The molecule has 4 rings (SSSR count). The number of nitrogens with one attached hydrogen (secondary N) is 1. The van der Waals surface area contributed by atoms with Gasteiger partial charge in [-0.3, -0.25) is 4.79 Å². The average molecular weight is 409 g/mol. The van der Waals surface area contributed by atoms with Gasteiger partial charge >= 0.3 is 6.18 Å². The molecule has 0 heterocycles. The van der Waals surface area contributed by atoms with Gasteiger partial charge in [-0.1, -0.05) is 65.7 Å². The maximum Gasteiger partial charge on any atom is 0.416 e. The highest BCUT2D eigenvalue weighted by atomic mass is 19.4. The van der Waals surface area contributed by atoms with Crippen molar-refractivity contribution in [3.8, 4) is 0 Å². The van der Waals surface area contributed by atoms with E-state index in [1.807, 2.05) is 62.4 Å². The van der Waals surface area contributed by atoms with Crippen LogP contribution in [0.2, 0.25) is 0 Å². The number of hydrogen-bond donors (Lipinski definition) is 1. The number of carbonyl (C=O) groups is 1. The van der Waals surface area contributed by atoms with Crippen molar-refractivity contribution in [3.63, 3.8) is 0 Å². The lowest BCUT2D eigenvalue weighted by molar-refractivity contribution is -0.137. The number of halogens is 3. The summed E-state index contributed by atoms with van der Waals surface area (Å²) >= 11 is 0. The van der Waals surface area contributed by atoms with Crippen LogP contribution < -0.4 is 5.32 Å². The summed E-state index contributed by atoms with van der Waals surface area (Å²) in [6.45, 7) is 4.01. The highest BCUT2D eigenvalue weighted by Crippen LogP contribution is 2.59. The second-order valence-electron chi connectivity index (χ2n) is 8.03. The first-order valence-electron chi connectivity index (χ1n) is 9.82. The molecule has 5 heteroatoms. The van der Waals surface area contributed by atoms with Gasteiger partial charge in [-0.25, -0.2) is 0 Å². The van der Waals surface area contributed by atoms with Gasteiger partial charge in [-0.15, -0.1) is 0 Å². The maximum absolute atomic E-state index is 13.0. The van der Waals surface area contributed by atoms with E-state index in [1.54, 1.807) is 0 Å². The van der Waals surface area contributed by atoms with E-state index in [0.717, 1.165) is 34.4 Å². The Hall–Kier alpha value is -3.08. The predicted octanol–water partition coefficient (Wildman–Crippen LogP) is 6.27. The third-order valence-electron chi connectivity index (χ3n) is 5.87. The summed E-state index contributed by atoms with van der Waals surface area (Å²) in [6.07, 6.45) is -3.84. The molecule has 1 fully saturated rings. The second-order valence-corrected chi connectivity index (χ2v) is 8.03. The fraction of sp³-hybridized carbons (Fsp3) is 0.240. The molecule has 0 unspecified atom stereocenters. The summed E-state index contributed by atoms with van der Waals surface area (Å²) in [4.78, 5) is 13.0. The third kappa shape index (κ3) is 3.72. The summed E-state index contributed by atoms with van der Waals surface area (Å²) < 4.78 is 39.0. The zero-order valence-electron chi connectivity index (χ0n) is 16.8. The Bertz CT molecular complexity index is 1020. The van der Waals surface area contributed by atoms with E-state index >= 15 is 0 Å². The molecule has 3 aromatic rings. The first-order chi connectivity index (χ1) is 14.2. The minimum atomic E-state index is -4.45. The molecule has 0 spiro atoms. The number of alkyl halides is 3. The lowest BCUT2D eigenvalue weighted by atomic mass is 9.85. The second kappa shape index (κ2) is 7.31. The van der Waals surface area contributed by atoms with Crippen LogP contribution in [-0.4, -0.2) is 5.91 Å². The fourth-order valence-electron chi connectivity index (χ4n) is 4.09.